The molecule has 0 bridgehead atoms. The number of amides is 1. The van der Waals surface area contributed by atoms with Gasteiger partial charge < -0.3 is 26.8 Å². The average molecular weight is 473 g/mol. The molecule has 0 fully saturated rings. The first-order chi connectivity index (χ1) is 17.0. The molecule has 2 heterocycles. The average Bonchev–Trinajstić information content (AvgIpc) is 2.89. The molecule has 178 valence electrons. The van der Waals surface area contributed by atoms with Crippen molar-refractivity contribution in [3.05, 3.63) is 108 Å². The first-order valence-corrected chi connectivity index (χ1v) is 10.9. The Hall–Kier alpha value is -4.50. The van der Waals surface area contributed by atoms with Gasteiger partial charge in [0.2, 0.25) is 5.88 Å². The van der Waals surface area contributed by atoms with Gasteiger partial charge >= 0.3 is 0 Å². The number of nitrogens with two attached hydrogens (primary N) is 2. The first-order valence-electron chi connectivity index (χ1n) is 10.9. The van der Waals surface area contributed by atoms with Gasteiger partial charge in [0.1, 0.15) is 5.82 Å². The van der Waals surface area contributed by atoms with Crippen LogP contribution in [-0.2, 0) is 0 Å². The zero-order valence-corrected chi connectivity index (χ0v) is 19.0. The summed E-state index contributed by atoms with van der Waals surface area (Å²) >= 11 is 0. The Morgan fingerprint density at radius 2 is 1.63 bits per heavy atom. The number of hydrogen-bond acceptors (Lipinski definition) is 7. The Balaban J connectivity index is 1.73. The molecule has 2 aromatic heterocycles. The van der Waals surface area contributed by atoms with Crippen LogP contribution in [-0.4, -0.2) is 23.0 Å². The van der Waals surface area contributed by atoms with E-state index in [-0.39, 0.29) is 17.2 Å². The quantitative estimate of drug-likeness (QED) is 0.286. The van der Waals surface area contributed by atoms with Crippen LogP contribution in [0.3, 0.4) is 0 Å². The van der Waals surface area contributed by atoms with Crippen molar-refractivity contribution in [3.8, 4) is 5.88 Å². The van der Waals surface area contributed by atoms with E-state index in [9.17, 15) is 4.79 Å². The summed E-state index contributed by atoms with van der Waals surface area (Å²) in [7, 11) is 1.48. The molecule has 2 aromatic carbocycles. The second kappa shape index (κ2) is 10.6. The number of aromatic nitrogens is 2. The summed E-state index contributed by atoms with van der Waals surface area (Å²) in [6.45, 7) is 0. The lowest BCUT2D eigenvalue weighted by molar-refractivity contribution is 0.100. The van der Waals surface area contributed by atoms with Crippen molar-refractivity contribution in [1.29, 1.82) is 0 Å². The number of hydrogen-bond donors (Lipinski definition) is 4. The smallest absolute Gasteiger partial charge is 0.252 e. The summed E-state index contributed by atoms with van der Waals surface area (Å²) in [5, 5.41) is 6.14. The van der Waals surface area contributed by atoms with Gasteiger partial charge in [-0.05, 0) is 23.3 Å². The van der Waals surface area contributed by atoms with Gasteiger partial charge in [-0.3, -0.25) is 4.79 Å². The van der Waals surface area contributed by atoms with Gasteiger partial charge in [0.25, 0.3) is 5.91 Å². The molecule has 6 N–H and O–H groups in total. The Morgan fingerprint density at radius 3 is 2.26 bits per heavy atom. The topological polar surface area (TPSA) is 128 Å². The zero-order chi connectivity index (χ0) is 24.8. The van der Waals surface area contributed by atoms with E-state index in [2.05, 4.69) is 20.6 Å². The minimum atomic E-state index is -0.827. The van der Waals surface area contributed by atoms with E-state index in [0.717, 1.165) is 17.2 Å². The van der Waals surface area contributed by atoms with E-state index in [1.54, 1.807) is 12.1 Å². The predicted octanol–water partition coefficient (Wildman–Crippen LogP) is 4.32. The number of ether oxygens (including phenoxy) is 1. The second-order valence-electron chi connectivity index (χ2n) is 7.76. The molecule has 0 unspecified atom stereocenters. The van der Waals surface area contributed by atoms with Crippen LogP contribution < -0.4 is 26.8 Å². The molecule has 2 atom stereocenters. The van der Waals surface area contributed by atoms with Gasteiger partial charge in [0.05, 0.1) is 24.8 Å². The Morgan fingerprint density at radius 1 is 0.971 bits per heavy atom. The lowest BCUT2D eigenvalue weighted by Crippen LogP contribution is -2.27. The summed E-state index contributed by atoms with van der Waals surface area (Å²) in [5.74, 6) is -1.22. The molecule has 4 rings (SSSR count). The summed E-state index contributed by atoms with van der Waals surface area (Å²) < 4.78 is 20.3. The molecule has 0 aliphatic carbocycles. The number of anilines is 3. The fourth-order valence-corrected chi connectivity index (χ4v) is 3.66. The van der Waals surface area contributed by atoms with E-state index in [0.29, 0.717) is 11.6 Å². The molecule has 35 heavy (non-hydrogen) atoms. The van der Waals surface area contributed by atoms with Crippen LogP contribution in [0.2, 0.25) is 0 Å². The maximum absolute atomic E-state index is 15.2. The number of benzene rings is 2. The number of carbonyl (C=O) groups is 1. The summed E-state index contributed by atoms with van der Waals surface area (Å²) in [6, 6.07) is 22.2. The maximum atomic E-state index is 15.2. The largest absolute Gasteiger partial charge is 0.481 e. The predicted molar refractivity (Wildman–Crippen MR) is 133 cm³/mol. The number of pyridine rings is 2. The van der Waals surface area contributed by atoms with Crippen molar-refractivity contribution >= 4 is 23.2 Å². The molecule has 0 spiro atoms. The van der Waals surface area contributed by atoms with Gasteiger partial charge in [-0.15, -0.1) is 0 Å². The summed E-state index contributed by atoms with van der Waals surface area (Å²) in [5.41, 5.74) is 14.3. The van der Waals surface area contributed by atoms with E-state index < -0.39 is 23.8 Å². The van der Waals surface area contributed by atoms with Crippen LogP contribution in [0.15, 0.2) is 85.1 Å². The molecule has 0 aliphatic rings. The van der Waals surface area contributed by atoms with E-state index >= 15 is 4.39 Å². The van der Waals surface area contributed by atoms with Crippen molar-refractivity contribution in [2.24, 2.45) is 11.5 Å². The third kappa shape index (κ3) is 5.53. The second-order valence-corrected chi connectivity index (χ2v) is 7.76. The molecule has 4 aromatic rings. The third-order valence-corrected chi connectivity index (χ3v) is 5.44. The van der Waals surface area contributed by atoms with Crippen LogP contribution in [0.1, 0.15) is 33.6 Å². The van der Waals surface area contributed by atoms with Crippen LogP contribution >= 0.6 is 0 Å². The number of rotatable bonds is 9. The molecule has 8 nitrogen and oxygen atoms in total. The highest BCUT2D eigenvalue weighted by molar-refractivity contribution is 5.98. The number of methoxy groups -OCH3 is 1. The Labute approximate surface area is 202 Å². The van der Waals surface area contributed by atoms with Crippen molar-refractivity contribution in [2.75, 3.05) is 17.7 Å². The van der Waals surface area contributed by atoms with Crippen LogP contribution in [0.4, 0.5) is 21.7 Å². The molecule has 0 saturated carbocycles. The number of halogens is 1. The minimum absolute atomic E-state index is 0.0785. The Kier molecular flexibility index (Phi) is 7.18. The van der Waals surface area contributed by atoms with Crippen molar-refractivity contribution < 1.29 is 13.9 Å². The number of nitrogens with zero attached hydrogens (tertiary/aromatic N) is 2. The molecule has 0 saturated heterocycles. The van der Waals surface area contributed by atoms with Crippen molar-refractivity contribution in [3.63, 3.8) is 0 Å². The number of carbonyl (C=O) groups excluding carboxylic acids is 1. The van der Waals surface area contributed by atoms with Crippen LogP contribution in [0.5, 0.6) is 5.88 Å². The van der Waals surface area contributed by atoms with Gasteiger partial charge in [0.15, 0.2) is 11.6 Å². The standard InChI is InChI=1S/C26H25FN6O2/c1-35-21-14-18(12-13-30-21)31-25-19(24(29)34)15-20(27)26(33-25)32-23(17-10-6-3-7-11-17)22(28)16-8-4-2-5-9-16/h2-15,22-23H,28H2,1H3,(H2,29,34)(H2,30,31,32,33)/t22-,23-/m0/s1. The normalized spacial score (nSPS) is 12.4. The van der Waals surface area contributed by atoms with Gasteiger partial charge in [-0.1, -0.05) is 60.7 Å². The lowest BCUT2D eigenvalue weighted by atomic mass is 9.94. The molecule has 0 aliphatic heterocycles. The lowest BCUT2D eigenvalue weighted by Gasteiger charge is -2.27. The van der Waals surface area contributed by atoms with Gasteiger partial charge in [-0.25, -0.2) is 14.4 Å². The summed E-state index contributed by atoms with van der Waals surface area (Å²) in [6.07, 6.45) is 1.53. The van der Waals surface area contributed by atoms with Gasteiger partial charge in [-0.2, -0.15) is 0 Å². The molecule has 9 heteroatoms. The molecular formula is C26H25FN6O2. The van der Waals surface area contributed by atoms with Gasteiger partial charge in [0, 0.05) is 18.0 Å². The van der Waals surface area contributed by atoms with Crippen LogP contribution in [0.25, 0.3) is 0 Å². The molecule has 1 amide bonds. The Bertz CT molecular complexity index is 1300. The highest BCUT2D eigenvalue weighted by Crippen LogP contribution is 2.32. The monoisotopic (exact) mass is 472 g/mol. The highest BCUT2D eigenvalue weighted by atomic mass is 19.1. The van der Waals surface area contributed by atoms with E-state index in [1.807, 2.05) is 60.7 Å². The zero-order valence-electron chi connectivity index (χ0n) is 19.0. The fourth-order valence-electron chi connectivity index (χ4n) is 3.66. The SMILES string of the molecule is COc1cc(Nc2nc(N[C@@H](c3ccccc3)[C@@H](N)c3ccccc3)c(F)cc2C(N)=O)ccn1. The minimum Gasteiger partial charge on any atom is -0.481 e. The van der Waals surface area contributed by atoms with Crippen LogP contribution in [0, 0.1) is 5.82 Å². The first kappa shape index (κ1) is 23.7. The maximum Gasteiger partial charge on any atom is 0.252 e. The number of primary amides is 1. The van der Waals surface area contributed by atoms with E-state index in [1.165, 1.54) is 13.3 Å². The number of nitrogens with one attached hydrogen (secondary N) is 2. The van der Waals surface area contributed by atoms with Crippen molar-refractivity contribution in [1.82, 2.24) is 9.97 Å². The molecule has 0 radical (unpaired) electrons. The van der Waals surface area contributed by atoms with Crippen molar-refractivity contribution in [2.45, 2.75) is 12.1 Å². The summed E-state index contributed by atoms with van der Waals surface area (Å²) in [4.78, 5) is 20.5. The fraction of sp³-hybridized carbons (Fsp3) is 0.115. The third-order valence-electron chi connectivity index (χ3n) is 5.44. The van der Waals surface area contributed by atoms with E-state index in [4.69, 9.17) is 16.2 Å². The highest BCUT2D eigenvalue weighted by Gasteiger charge is 2.25. The molecular weight excluding hydrogens is 447 g/mol.